The number of imidazole rings is 2. The minimum Gasteiger partial charge on any atom is -0.508 e. The van der Waals surface area contributed by atoms with E-state index < -0.39 is 0 Å². The van der Waals surface area contributed by atoms with Crippen molar-refractivity contribution in [2.45, 2.75) is 6.54 Å². The molecule has 1 fully saturated rings. The highest BCUT2D eigenvalue weighted by Gasteiger charge is 2.16. The lowest BCUT2D eigenvalue weighted by Crippen LogP contribution is -2.38. The Labute approximate surface area is 157 Å². The van der Waals surface area contributed by atoms with Gasteiger partial charge in [-0.2, -0.15) is 0 Å². The Morgan fingerprint density at radius 1 is 0.926 bits per heavy atom. The van der Waals surface area contributed by atoms with Crippen LogP contribution in [0.1, 0.15) is 0 Å². The number of phenols is 1. The fourth-order valence-corrected chi connectivity index (χ4v) is 3.80. The highest BCUT2D eigenvalue weighted by Crippen LogP contribution is 2.26. The van der Waals surface area contributed by atoms with Crippen LogP contribution in [0.15, 0.2) is 54.7 Å². The third kappa shape index (κ3) is 2.97. The Bertz CT molecular complexity index is 1070. The molecule has 27 heavy (non-hydrogen) atoms. The van der Waals surface area contributed by atoms with E-state index in [1.165, 1.54) is 5.52 Å². The number of morpholine rings is 1. The number of nitrogens with zero attached hydrogens (tertiary/aromatic N) is 4. The zero-order valence-corrected chi connectivity index (χ0v) is 15.1. The maximum absolute atomic E-state index is 9.54. The molecule has 0 bridgehead atoms. The van der Waals surface area contributed by atoms with Crippen LogP contribution in [0.5, 0.6) is 5.75 Å². The molecule has 0 atom stereocenters. The van der Waals surface area contributed by atoms with Gasteiger partial charge in [-0.25, -0.2) is 4.98 Å². The molecular formula is C21H22N4O2. The van der Waals surface area contributed by atoms with Gasteiger partial charge in [0.1, 0.15) is 5.75 Å². The second kappa shape index (κ2) is 6.72. The van der Waals surface area contributed by atoms with Crippen LogP contribution in [0.3, 0.4) is 0 Å². The van der Waals surface area contributed by atoms with E-state index in [9.17, 15) is 5.11 Å². The molecule has 1 N–H and O–H groups in total. The van der Waals surface area contributed by atoms with Crippen LogP contribution in [0.4, 0.5) is 0 Å². The molecular weight excluding hydrogens is 340 g/mol. The van der Waals surface area contributed by atoms with Crippen molar-refractivity contribution in [3.8, 4) is 17.0 Å². The second-order valence-corrected chi connectivity index (χ2v) is 6.94. The van der Waals surface area contributed by atoms with Gasteiger partial charge in [-0.15, -0.1) is 0 Å². The summed E-state index contributed by atoms with van der Waals surface area (Å²) in [6, 6.07) is 15.6. The van der Waals surface area contributed by atoms with Crippen molar-refractivity contribution in [2.24, 2.45) is 0 Å². The van der Waals surface area contributed by atoms with Gasteiger partial charge in [-0.1, -0.05) is 12.1 Å². The van der Waals surface area contributed by atoms with Gasteiger partial charge in [-0.05, 0) is 36.4 Å². The van der Waals surface area contributed by atoms with Crippen LogP contribution in [0.2, 0.25) is 0 Å². The van der Waals surface area contributed by atoms with Gasteiger partial charge in [-0.3, -0.25) is 9.30 Å². The number of fused-ring (bicyclic) bond motifs is 3. The number of phenolic OH excluding ortho intramolecular Hbond substituents is 1. The smallest absolute Gasteiger partial charge is 0.215 e. The zero-order valence-electron chi connectivity index (χ0n) is 15.1. The van der Waals surface area contributed by atoms with Gasteiger partial charge in [0, 0.05) is 37.9 Å². The fourth-order valence-electron chi connectivity index (χ4n) is 3.80. The maximum atomic E-state index is 9.54. The van der Waals surface area contributed by atoms with Crippen LogP contribution in [0, 0.1) is 0 Å². The first-order valence-electron chi connectivity index (χ1n) is 9.35. The maximum Gasteiger partial charge on any atom is 0.215 e. The number of benzene rings is 2. The van der Waals surface area contributed by atoms with E-state index in [4.69, 9.17) is 9.72 Å². The predicted molar refractivity (Wildman–Crippen MR) is 105 cm³/mol. The normalized spacial score (nSPS) is 15.7. The first kappa shape index (κ1) is 16.4. The van der Waals surface area contributed by atoms with Crippen molar-refractivity contribution in [2.75, 3.05) is 32.8 Å². The molecule has 3 heterocycles. The molecule has 1 aliphatic heterocycles. The summed E-state index contributed by atoms with van der Waals surface area (Å²) in [7, 11) is 0. The first-order chi connectivity index (χ1) is 13.3. The lowest BCUT2D eigenvalue weighted by molar-refractivity contribution is 0.0366. The van der Waals surface area contributed by atoms with Crippen molar-refractivity contribution >= 4 is 16.8 Å². The summed E-state index contributed by atoms with van der Waals surface area (Å²) >= 11 is 0. The van der Waals surface area contributed by atoms with E-state index in [2.05, 4.69) is 44.3 Å². The molecule has 1 aliphatic rings. The lowest BCUT2D eigenvalue weighted by Gasteiger charge is -2.26. The number of rotatable bonds is 4. The number of hydrogen-bond acceptors (Lipinski definition) is 4. The Hall–Kier alpha value is -2.83. The van der Waals surface area contributed by atoms with E-state index in [0.29, 0.717) is 0 Å². The van der Waals surface area contributed by atoms with Crippen LogP contribution < -0.4 is 0 Å². The van der Waals surface area contributed by atoms with Gasteiger partial charge in [0.25, 0.3) is 0 Å². The highest BCUT2D eigenvalue weighted by molar-refractivity contribution is 5.82. The van der Waals surface area contributed by atoms with E-state index in [0.717, 1.165) is 61.9 Å². The molecule has 2 aromatic carbocycles. The molecule has 0 saturated carbocycles. The molecule has 1 saturated heterocycles. The van der Waals surface area contributed by atoms with E-state index >= 15 is 0 Å². The summed E-state index contributed by atoms with van der Waals surface area (Å²) in [5.74, 6) is 1.22. The summed E-state index contributed by atoms with van der Waals surface area (Å²) in [5.41, 5.74) is 4.27. The van der Waals surface area contributed by atoms with Crippen molar-refractivity contribution in [1.29, 1.82) is 0 Å². The number of aromatic nitrogens is 3. The van der Waals surface area contributed by atoms with Gasteiger partial charge in [0.05, 0.1) is 29.9 Å². The molecule has 6 heteroatoms. The van der Waals surface area contributed by atoms with Crippen LogP contribution in [-0.2, 0) is 11.3 Å². The molecule has 0 radical (unpaired) electrons. The van der Waals surface area contributed by atoms with Crippen molar-refractivity contribution in [3.05, 3.63) is 54.7 Å². The largest absolute Gasteiger partial charge is 0.508 e. The topological polar surface area (TPSA) is 54.9 Å². The summed E-state index contributed by atoms with van der Waals surface area (Å²) in [4.78, 5) is 7.36. The van der Waals surface area contributed by atoms with Gasteiger partial charge in [0.2, 0.25) is 5.78 Å². The summed E-state index contributed by atoms with van der Waals surface area (Å²) < 4.78 is 9.92. The third-order valence-electron chi connectivity index (χ3n) is 5.27. The van der Waals surface area contributed by atoms with Crippen LogP contribution in [0.25, 0.3) is 28.1 Å². The summed E-state index contributed by atoms with van der Waals surface area (Å²) in [5, 5.41) is 9.54. The Morgan fingerprint density at radius 2 is 1.67 bits per heavy atom. The van der Waals surface area contributed by atoms with Crippen LogP contribution in [-0.4, -0.2) is 56.8 Å². The average Bonchev–Trinajstić information content (AvgIpc) is 3.26. The van der Waals surface area contributed by atoms with Gasteiger partial charge < -0.3 is 14.4 Å². The molecule has 0 aliphatic carbocycles. The first-order valence-corrected chi connectivity index (χ1v) is 9.35. The van der Waals surface area contributed by atoms with Crippen molar-refractivity contribution < 1.29 is 9.84 Å². The Balaban J connectivity index is 1.55. The minimum absolute atomic E-state index is 0.267. The average molecular weight is 362 g/mol. The van der Waals surface area contributed by atoms with Gasteiger partial charge >= 0.3 is 0 Å². The number of aromatic hydroxyl groups is 1. The molecule has 138 valence electrons. The number of hydrogen-bond donors (Lipinski definition) is 1. The molecule has 6 nitrogen and oxygen atoms in total. The number of ether oxygens (including phenoxy) is 1. The minimum atomic E-state index is 0.267. The second-order valence-electron chi connectivity index (χ2n) is 6.94. The Morgan fingerprint density at radius 3 is 2.44 bits per heavy atom. The lowest BCUT2D eigenvalue weighted by atomic mass is 10.2. The van der Waals surface area contributed by atoms with E-state index in [-0.39, 0.29) is 5.75 Å². The standard InChI is InChI=1S/C21H22N4O2/c26-17-7-5-16(6-8-17)18-15-25-20-4-2-1-3-19(20)24(21(25)22-18)10-9-23-11-13-27-14-12-23/h1-8,15,26H,9-14H2. The quantitative estimate of drug-likeness (QED) is 0.606. The van der Waals surface area contributed by atoms with Crippen LogP contribution >= 0.6 is 0 Å². The summed E-state index contributed by atoms with van der Waals surface area (Å²) in [6.45, 7) is 5.49. The Kier molecular flexibility index (Phi) is 4.07. The third-order valence-corrected chi connectivity index (χ3v) is 5.27. The fraction of sp³-hybridized carbons (Fsp3) is 0.286. The SMILES string of the molecule is Oc1ccc(-c2cn3c4ccccc4n(CCN4CCOCC4)c3n2)cc1. The monoisotopic (exact) mass is 362 g/mol. The molecule has 4 aromatic rings. The zero-order chi connectivity index (χ0) is 18.2. The van der Waals surface area contributed by atoms with E-state index in [1.54, 1.807) is 12.1 Å². The molecule has 2 aromatic heterocycles. The summed E-state index contributed by atoms with van der Waals surface area (Å²) in [6.07, 6.45) is 2.08. The highest BCUT2D eigenvalue weighted by atomic mass is 16.5. The van der Waals surface area contributed by atoms with E-state index in [1.807, 2.05) is 12.1 Å². The predicted octanol–water partition coefficient (Wildman–Crippen LogP) is 2.99. The van der Waals surface area contributed by atoms with Gasteiger partial charge in [0.15, 0.2) is 0 Å². The molecule has 5 rings (SSSR count). The van der Waals surface area contributed by atoms with Crippen molar-refractivity contribution in [1.82, 2.24) is 18.9 Å². The number of para-hydroxylation sites is 2. The molecule has 0 amide bonds. The van der Waals surface area contributed by atoms with Crippen molar-refractivity contribution in [3.63, 3.8) is 0 Å². The molecule has 0 unspecified atom stereocenters. The molecule has 0 spiro atoms.